The van der Waals surface area contributed by atoms with Gasteiger partial charge in [0.1, 0.15) is 0 Å². The number of hydrogen-bond donors (Lipinski definition) is 1. The third-order valence-electron chi connectivity index (χ3n) is 2.50. The number of anilines is 1. The molecule has 0 radical (unpaired) electrons. The normalized spacial score (nSPS) is 10.3. The summed E-state index contributed by atoms with van der Waals surface area (Å²) >= 11 is 5.04. The van der Waals surface area contributed by atoms with Crippen LogP contribution in [-0.4, -0.2) is 17.9 Å². The zero-order chi connectivity index (χ0) is 13.1. The van der Waals surface area contributed by atoms with Crippen LogP contribution in [-0.2, 0) is 6.54 Å². The van der Waals surface area contributed by atoms with Crippen LogP contribution in [0.1, 0.15) is 15.2 Å². The molecule has 5 heteroatoms. The molecule has 0 atom stereocenters. The summed E-state index contributed by atoms with van der Waals surface area (Å²) in [7, 11) is 1.79. The van der Waals surface area contributed by atoms with E-state index in [9.17, 15) is 4.79 Å². The minimum absolute atomic E-state index is 0.0215. The molecule has 0 saturated carbocycles. The van der Waals surface area contributed by atoms with Crippen molar-refractivity contribution in [3.63, 3.8) is 0 Å². The molecule has 0 spiro atoms. The van der Waals surface area contributed by atoms with E-state index >= 15 is 0 Å². The molecule has 2 rings (SSSR count). The molecule has 0 unspecified atom stereocenters. The summed E-state index contributed by atoms with van der Waals surface area (Å²) in [5.74, 6) is -0.0215. The maximum absolute atomic E-state index is 12.2. The van der Waals surface area contributed by atoms with Gasteiger partial charge in [-0.25, -0.2) is 0 Å². The van der Waals surface area contributed by atoms with Crippen LogP contribution in [0.15, 0.2) is 40.2 Å². The zero-order valence-electron chi connectivity index (χ0n) is 9.89. The number of benzene rings is 1. The maximum Gasteiger partial charge on any atom is 0.253 e. The highest BCUT2D eigenvalue weighted by Gasteiger charge is 2.12. The highest BCUT2D eigenvalue weighted by Crippen LogP contribution is 2.23. The van der Waals surface area contributed by atoms with Gasteiger partial charge in [0.15, 0.2) is 0 Å². The number of nitrogens with two attached hydrogens (primary N) is 1. The minimum Gasteiger partial charge on any atom is -0.399 e. The SMILES string of the molecule is CN(Cc1ccc(Br)s1)C(=O)c1cccc(N)c1. The molecular formula is C13H13BrN2OS. The standard InChI is InChI=1S/C13H13BrN2OS/c1-16(8-11-5-6-12(14)18-11)13(17)9-3-2-4-10(15)7-9/h2-7H,8,15H2,1H3. The van der Waals surface area contributed by atoms with Gasteiger partial charge in [-0.1, -0.05) is 6.07 Å². The van der Waals surface area contributed by atoms with E-state index in [1.54, 1.807) is 47.5 Å². The van der Waals surface area contributed by atoms with Crippen molar-refractivity contribution >= 4 is 38.9 Å². The number of nitrogen functional groups attached to an aromatic ring is 1. The summed E-state index contributed by atoms with van der Waals surface area (Å²) in [5, 5.41) is 0. The molecule has 1 heterocycles. The summed E-state index contributed by atoms with van der Waals surface area (Å²) in [4.78, 5) is 15.0. The molecule has 18 heavy (non-hydrogen) atoms. The molecule has 1 aromatic carbocycles. The Labute approximate surface area is 118 Å². The van der Waals surface area contributed by atoms with Crippen LogP contribution in [0.5, 0.6) is 0 Å². The second kappa shape index (κ2) is 5.54. The Morgan fingerprint density at radius 2 is 2.17 bits per heavy atom. The molecule has 1 aromatic heterocycles. The van der Waals surface area contributed by atoms with Crippen molar-refractivity contribution in [2.75, 3.05) is 12.8 Å². The van der Waals surface area contributed by atoms with E-state index in [1.807, 2.05) is 12.1 Å². The number of hydrogen-bond acceptors (Lipinski definition) is 3. The molecular weight excluding hydrogens is 312 g/mol. The van der Waals surface area contributed by atoms with Crippen molar-refractivity contribution in [1.29, 1.82) is 0 Å². The molecule has 3 nitrogen and oxygen atoms in total. The summed E-state index contributed by atoms with van der Waals surface area (Å²) in [6.45, 7) is 0.601. The van der Waals surface area contributed by atoms with Gasteiger partial charge in [0.25, 0.3) is 5.91 Å². The first-order valence-electron chi connectivity index (χ1n) is 5.41. The summed E-state index contributed by atoms with van der Waals surface area (Å²) < 4.78 is 1.07. The predicted molar refractivity (Wildman–Crippen MR) is 78.7 cm³/mol. The summed E-state index contributed by atoms with van der Waals surface area (Å²) in [5.41, 5.74) is 6.90. The smallest absolute Gasteiger partial charge is 0.253 e. The lowest BCUT2D eigenvalue weighted by atomic mass is 10.2. The molecule has 0 fully saturated rings. The van der Waals surface area contributed by atoms with Gasteiger partial charge >= 0.3 is 0 Å². The first-order valence-corrected chi connectivity index (χ1v) is 7.02. The lowest BCUT2D eigenvalue weighted by Crippen LogP contribution is -2.25. The minimum atomic E-state index is -0.0215. The molecule has 2 aromatic rings. The molecule has 0 saturated heterocycles. The van der Waals surface area contributed by atoms with Gasteiger partial charge in [0, 0.05) is 23.2 Å². The number of halogens is 1. The molecule has 0 aliphatic heterocycles. The molecule has 1 amide bonds. The summed E-state index contributed by atoms with van der Waals surface area (Å²) in [6, 6.07) is 11.0. The monoisotopic (exact) mass is 324 g/mol. The van der Waals surface area contributed by atoms with Gasteiger partial charge in [-0.3, -0.25) is 4.79 Å². The Bertz CT molecular complexity index is 568. The first-order chi connectivity index (χ1) is 8.56. The Hall–Kier alpha value is -1.33. The van der Waals surface area contributed by atoms with Gasteiger partial charge in [-0.05, 0) is 46.3 Å². The van der Waals surface area contributed by atoms with Gasteiger partial charge in [0.2, 0.25) is 0 Å². The average molecular weight is 325 g/mol. The third kappa shape index (κ3) is 3.11. The van der Waals surface area contributed by atoms with Crippen molar-refractivity contribution in [1.82, 2.24) is 4.90 Å². The van der Waals surface area contributed by atoms with E-state index in [1.165, 1.54) is 0 Å². The second-order valence-corrected chi connectivity index (χ2v) is 6.54. The number of nitrogens with zero attached hydrogens (tertiary/aromatic N) is 1. The topological polar surface area (TPSA) is 46.3 Å². The second-order valence-electron chi connectivity index (χ2n) is 3.99. The fourth-order valence-electron chi connectivity index (χ4n) is 1.63. The fraction of sp³-hybridized carbons (Fsp3) is 0.154. The van der Waals surface area contributed by atoms with E-state index in [2.05, 4.69) is 15.9 Å². The van der Waals surface area contributed by atoms with Gasteiger partial charge in [0.05, 0.1) is 10.3 Å². The average Bonchev–Trinajstić information content (AvgIpc) is 2.73. The van der Waals surface area contributed by atoms with Crippen LogP contribution < -0.4 is 5.73 Å². The van der Waals surface area contributed by atoms with Gasteiger partial charge < -0.3 is 10.6 Å². The maximum atomic E-state index is 12.2. The van der Waals surface area contributed by atoms with E-state index in [-0.39, 0.29) is 5.91 Å². The van der Waals surface area contributed by atoms with Crippen LogP contribution in [0.4, 0.5) is 5.69 Å². The van der Waals surface area contributed by atoms with Crippen molar-refractivity contribution in [3.05, 3.63) is 50.6 Å². The predicted octanol–water partition coefficient (Wildman–Crippen LogP) is 3.37. The number of thiophene rings is 1. The molecule has 0 bridgehead atoms. The largest absolute Gasteiger partial charge is 0.399 e. The fourth-order valence-corrected chi connectivity index (χ4v) is 3.17. The number of rotatable bonds is 3. The van der Waals surface area contributed by atoms with Crippen molar-refractivity contribution in [3.8, 4) is 0 Å². The quantitative estimate of drug-likeness (QED) is 0.880. The molecule has 0 aliphatic carbocycles. The van der Waals surface area contributed by atoms with E-state index < -0.39 is 0 Å². The zero-order valence-corrected chi connectivity index (χ0v) is 12.3. The lowest BCUT2D eigenvalue weighted by molar-refractivity contribution is 0.0786. The number of carbonyl (C=O) groups excluding carboxylic acids is 1. The van der Waals surface area contributed by atoms with Gasteiger partial charge in [-0.15, -0.1) is 11.3 Å². The Morgan fingerprint density at radius 3 is 2.78 bits per heavy atom. The van der Waals surface area contributed by atoms with Crippen LogP contribution in [0.25, 0.3) is 0 Å². The van der Waals surface area contributed by atoms with E-state index in [0.717, 1.165) is 8.66 Å². The highest BCUT2D eigenvalue weighted by molar-refractivity contribution is 9.11. The Morgan fingerprint density at radius 1 is 1.39 bits per heavy atom. The molecule has 94 valence electrons. The third-order valence-corrected chi connectivity index (χ3v) is 4.11. The van der Waals surface area contributed by atoms with E-state index in [0.29, 0.717) is 17.8 Å². The Balaban J connectivity index is 2.09. The highest BCUT2D eigenvalue weighted by atomic mass is 79.9. The number of carbonyl (C=O) groups is 1. The number of amides is 1. The lowest BCUT2D eigenvalue weighted by Gasteiger charge is -2.16. The molecule has 2 N–H and O–H groups in total. The van der Waals surface area contributed by atoms with Crippen LogP contribution >= 0.6 is 27.3 Å². The Kier molecular flexibility index (Phi) is 4.04. The van der Waals surface area contributed by atoms with Crippen molar-refractivity contribution < 1.29 is 4.79 Å². The van der Waals surface area contributed by atoms with Crippen molar-refractivity contribution in [2.45, 2.75) is 6.54 Å². The van der Waals surface area contributed by atoms with Gasteiger partial charge in [-0.2, -0.15) is 0 Å². The van der Waals surface area contributed by atoms with Crippen LogP contribution in [0.3, 0.4) is 0 Å². The molecule has 0 aliphatic rings. The van der Waals surface area contributed by atoms with E-state index in [4.69, 9.17) is 5.73 Å². The van der Waals surface area contributed by atoms with Crippen LogP contribution in [0.2, 0.25) is 0 Å². The first kappa shape index (κ1) is 13.1. The summed E-state index contributed by atoms with van der Waals surface area (Å²) in [6.07, 6.45) is 0. The van der Waals surface area contributed by atoms with Crippen molar-refractivity contribution in [2.24, 2.45) is 0 Å². The van der Waals surface area contributed by atoms with Crippen LogP contribution in [0, 0.1) is 0 Å².